The van der Waals surface area contributed by atoms with Crippen molar-refractivity contribution < 1.29 is 14.6 Å². The Morgan fingerprint density at radius 3 is 2.92 bits per heavy atom. The molecular formula is C9H17NO3. The minimum atomic E-state index is -0.757. The lowest BCUT2D eigenvalue weighted by Crippen LogP contribution is -2.50. The van der Waals surface area contributed by atoms with Crippen LogP contribution in [0.3, 0.4) is 0 Å². The number of hydrogen-bond donors (Lipinski definition) is 1. The van der Waals surface area contributed by atoms with Gasteiger partial charge >= 0.3 is 5.97 Å². The molecule has 0 radical (unpaired) electrons. The van der Waals surface area contributed by atoms with Gasteiger partial charge in [0.25, 0.3) is 0 Å². The summed E-state index contributed by atoms with van der Waals surface area (Å²) in [5, 5.41) is 8.68. The van der Waals surface area contributed by atoms with Crippen LogP contribution in [0.2, 0.25) is 0 Å². The van der Waals surface area contributed by atoms with Gasteiger partial charge < -0.3 is 9.84 Å². The van der Waals surface area contributed by atoms with Crippen molar-refractivity contribution in [2.45, 2.75) is 19.9 Å². The monoisotopic (exact) mass is 187 g/mol. The molecule has 1 aliphatic rings. The molecule has 0 aromatic rings. The maximum atomic E-state index is 10.6. The summed E-state index contributed by atoms with van der Waals surface area (Å²) in [6.07, 6.45) is 0. The summed E-state index contributed by atoms with van der Waals surface area (Å²) < 4.78 is 5.32. The van der Waals surface area contributed by atoms with E-state index in [0.29, 0.717) is 19.1 Å². The van der Waals surface area contributed by atoms with Gasteiger partial charge in [0, 0.05) is 12.6 Å². The van der Waals surface area contributed by atoms with E-state index in [9.17, 15) is 4.79 Å². The predicted molar refractivity (Wildman–Crippen MR) is 48.7 cm³/mol. The van der Waals surface area contributed by atoms with E-state index >= 15 is 0 Å². The summed E-state index contributed by atoms with van der Waals surface area (Å²) in [6.45, 7) is 6.35. The predicted octanol–water partition coefficient (Wildman–Crippen LogP) is 0.428. The number of aliphatic carboxylic acids is 1. The third kappa shape index (κ3) is 2.97. The fourth-order valence-electron chi connectivity index (χ4n) is 1.64. The van der Waals surface area contributed by atoms with Crippen LogP contribution in [0.25, 0.3) is 0 Å². The molecule has 1 fully saturated rings. The number of carboxylic acid groups (broad SMARTS) is 1. The highest BCUT2D eigenvalue weighted by atomic mass is 16.5. The zero-order valence-electron chi connectivity index (χ0n) is 8.19. The van der Waals surface area contributed by atoms with Crippen molar-refractivity contribution in [3.8, 4) is 0 Å². The van der Waals surface area contributed by atoms with E-state index in [1.54, 1.807) is 0 Å². The van der Waals surface area contributed by atoms with Crippen molar-refractivity contribution in [3.05, 3.63) is 0 Å². The fraction of sp³-hybridized carbons (Fsp3) is 0.889. The summed E-state index contributed by atoms with van der Waals surface area (Å²) in [5.41, 5.74) is 0. The molecule has 0 saturated carbocycles. The van der Waals surface area contributed by atoms with Crippen LogP contribution >= 0.6 is 0 Å². The van der Waals surface area contributed by atoms with Gasteiger partial charge in [-0.15, -0.1) is 0 Å². The Bertz CT molecular complexity index is 182. The number of rotatable bonds is 3. The summed E-state index contributed by atoms with van der Waals surface area (Å²) in [6, 6.07) is 0.254. The van der Waals surface area contributed by atoms with E-state index in [1.807, 2.05) is 4.90 Å². The number of hydrogen-bond acceptors (Lipinski definition) is 3. The maximum absolute atomic E-state index is 10.6. The molecule has 76 valence electrons. The molecule has 0 aromatic heterocycles. The highest BCUT2D eigenvalue weighted by molar-refractivity contribution is 5.69. The molecule has 13 heavy (non-hydrogen) atoms. The van der Waals surface area contributed by atoms with Gasteiger partial charge in [0.1, 0.15) is 0 Å². The molecule has 1 unspecified atom stereocenters. The lowest BCUT2D eigenvalue weighted by Gasteiger charge is -2.36. The summed E-state index contributed by atoms with van der Waals surface area (Å²) in [4.78, 5) is 12.5. The zero-order chi connectivity index (χ0) is 9.84. The molecule has 0 amide bonds. The van der Waals surface area contributed by atoms with Gasteiger partial charge in [0.15, 0.2) is 0 Å². The molecular weight excluding hydrogens is 170 g/mol. The number of carbonyl (C=O) groups is 1. The van der Waals surface area contributed by atoms with Crippen molar-refractivity contribution in [3.63, 3.8) is 0 Å². The van der Waals surface area contributed by atoms with Crippen molar-refractivity contribution in [1.29, 1.82) is 0 Å². The lowest BCUT2D eigenvalue weighted by molar-refractivity contribution is -0.141. The van der Waals surface area contributed by atoms with E-state index in [1.165, 1.54) is 0 Å². The first-order valence-corrected chi connectivity index (χ1v) is 4.65. The quantitative estimate of drug-likeness (QED) is 0.696. The van der Waals surface area contributed by atoms with E-state index < -0.39 is 5.97 Å². The minimum Gasteiger partial charge on any atom is -0.480 e. The Balaban J connectivity index is 2.51. The molecule has 4 nitrogen and oxygen atoms in total. The number of nitrogens with zero attached hydrogens (tertiary/aromatic N) is 1. The number of carboxylic acids is 1. The van der Waals surface area contributed by atoms with Crippen molar-refractivity contribution in [2.24, 2.45) is 5.92 Å². The van der Waals surface area contributed by atoms with Crippen LogP contribution < -0.4 is 0 Å². The molecule has 0 aliphatic carbocycles. The SMILES string of the molecule is CC(C)C1COCCN1CC(=O)O. The lowest BCUT2D eigenvalue weighted by atomic mass is 10.0. The second-order valence-corrected chi connectivity index (χ2v) is 3.75. The number of morpholine rings is 1. The van der Waals surface area contributed by atoms with E-state index in [4.69, 9.17) is 9.84 Å². The molecule has 1 heterocycles. The normalized spacial score (nSPS) is 25.0. The van der Waals surface area contributed by atoms with Gasteiger partial charge in [0.05, 0.1) is 19.8 Å². The van der Waals surface area contributed by atoms with Gasteiger partial charge in [0.2, 0.25) is 0 Å². The Labute approximate surface area is 78.5 Å². The minimum absolute atomic E-state index is 0.131. The molecule has 0 aromatic carbocycles. The summed E-state index contributed by atoms with van der Waals surface area (Å²) >= 11 is 0. The van der Waals surface area contributed by atoms with Gasteiger partial charge in [-0.2, -0.15) is 0 Å². The van der Waals surface area contributed by atoms with Crippen molar-refractivity contribution >= 4 is 5.97 Å². The molecule has 0 bridgehead atoms. The smallest absolute Gasteiger partial charge is 0.317 e. The van der Waals surface area contributed by atoms with Gasteiger partial charge in [-0.25, -0.2) is 0 Å². The van der Waals surface area contributed by atoms with Crippen molar-refractivity contribution in [1.82, 2.24) is 4.90 Å². The molecule has 1 aliphatic heterocycles. The highest BCUT2D eigenvalue weighted by Gasteiger charge is 2.26. The Morgan fingerprint density at radius 1 is 1.69 bits per heavy atom. The van der Waals surface area contributed by atoms with E-state index in [2.05, 4.69) is 13.8 Å². The first-order chi connectivity index (χ1) is 6.11. The van der Waals surface area contributed by atoms with Crippen LogP contribution in [0.5, 0.6) is 0 Å². The van der Waals surface area contributed by atoms with Gasteiger partial charge in [-0.3, -0.25) is 9.69 Å². The van der Waals surface area contributed by atoms with E-state index in [-0.39, 0.29) is 12.6 Å². The van der Waals surface area contributed by atoms with Gasteiger partial charge in [-0.1, -0.05) is 13.8 Å². The molecule has 4 heteroatoms. The van der Waals surface area contributed by atoms with Crippen LogP contribution in [-0.4, -0.2) is 48.3 Å². The number of ether oxygens (including phenoxy) is 1. The third-order valence-electron chi connectivity index (χ3n) is 2.39. The largest absolute Gasteiger partial charge is 0.480 e. The third-order valence-corrected chi connectivity index (χ3v) is 2.39. The van der Waals surface area contributed by atoms with Crippen LogP contribution in [0.1, 0.15) is 13.8 Å². The first kappa shape index (κ1) is 10.5. The van der Waals surface area contributed by atoms with Crippen LogP contribution in [0, 0.1) is 5.92 Å². The van der Waals surface area contributed by atoms with E-state index in [0.717, 1.165) is 6.54 Å². The zero-order valence-corrected chi connectivity index (χ0v) is 8.19. The summed E-state index contributed by atoms with van der Waals surface area (Å²) in [5.74, 6) is -0.313. The average Bonchev–Trinajstić information content (AvgIpc) is 2.03. The Morgan fingerprint density at radius 2 is 2.38 bits per heavy atom. The Hall–Kier alpha value is -0.610. The molecule has 1 rings (SSSR count). The maximum Gasteiger partial charge on any atom is 0.317 e. The molecule has 1 saturated heterocycles. The summed E-state index contributed by atoms with van der Waals surface area (Å²) in [7, 11) is 0. The second kappa shape index (κ2) is 4.58. The van der Waals surface area contributed by atoms with Crippen LogP contribution in [0.4, 0.5) is 0 Å². The van der Waals surface area contributed by atoms with Gasteiger partial charge in [-0.05, 0) is 5.92 Å². The van der Waals surface area contributed by atoms with Crippen LogP contribution in [0.15, 0.2) is 0 Å². The van der Waals surface area contributed by atoms with Crippen molar-refractivity contribution in [2.75, 3.05) is 26.3 Å². The van der Waals surface area contributed by atoms with Crippen LogP contribution in [-0.2, 0) is 9.53 Å². The second-order valence-electron chi connectivity index (χ2n) is 3.75. The fourth-order valence-corrected chi connectivity index (χ4v) is 1.64. The first-order valence-electron chi connectivity index (χ1n) is 4.65. The highest BCUT2D eigenvalue weighted by Crippen LogP contribution is 2.14. The standard InChI is InChI=1S/C9H17NO3/c1-7(2)8-6-13-4-3-10(8)5-9(11)12/h7-8H,3-6H2,1-2H3,(H,11,12). The molecule has 1 N–H and O–H groups in total. The topological polar surface area (TPSA) is 49.8 Å². The Kier molecular flexibility index (Phi) is 3.69. The molecule has 0 spiro atoms. The average molecular weight is 187 g/mol. The molecule has 1 atom stereocenters.